The maximum atomic E-state index is 14.5. The average Bonchev–Trinajstić information content (AvgIpc) is 3.66. The highest BCUT2D eigenvalue weighted by atomic mass is 19.1. The Kier molecular flexibility index (Phi) is 6.34. The van der Waals surface area contributed by atoms with E-state index in [0.717, 1.165) is 70.3 Å². The minimum Gasteiger partial charge on any atom is -0.443 e. The van der Waals surface area contributed by atoms with Crippen LogP contribution in [0.3, 0.4) is 0 Å². The minimum absolute atomic E-state index is 0.0735. The van der Waals surface area contributed by atoms with Gasteiger partial charge in [0.25, 0.3) is 0 Å². The van der Waals surface area contributed by atoms with E-state index in [2.05, 4.69) is 0 Å². The lowest BCUT2D eigenvalue weighted by Crippen LogP contribution is -2.42. The van der Waals surface area contributed by atoms with Crippen molar-refractivity contribution in [1.82, 2.24) is 9.80 Å². The number of carbonyl (C=O) groups is 2. The van der Waals surface area contributed by atoms with Crippen LogP contribution in [0.5, 0.6) is 0 Å². The van der Waals surface area contributed by atoms with Crippen LogP contribution in [0.1, 0.15) is 56.6 Å². The van der Waals surface area contributed by atoms with Gasteiger partial charge in [0.05, 0.1) is 19.6 Å². The fraction of sp³-hybridized carbons (Fsp3) is 0.692. The summed E-state index contributed by atoms with van der Waals surface area (Å²) in [6, 6.07) is 5.05. The van der Waals surface area contributed by atoms with Crippen molar-refractivity contribution in [3.63, 3.8) is 0 Å². The molecule has 33 heavy (non-hydrogen) atoms. The van der Waals surface area contributed by atoms with Crippen LogP contribution >= 0.6 is 0 Å². The molecule has 1 aromatic rings. The third kappa shape index (κ3) is 5.51. The van der Waals surface area contributed by atoms with E-state index in [1.165, 1.54) is 6.07 Å². The Bertz CT molecular complexity index is 890. The van der Waals surface area contributed by atoms with Crippen molar-refractivity contribution in [3.05, 3.63) is 35.1 Å². The molecule has 180 valence electrons. The molecule has 2 heterocycles. The summed E-state index contributed by atoms with van der Waals surface area (Å²) < 4.78 is 25.9. The highest BCUT2D eigenvalue weighted by molar-refractivity contribution is 5.79. The maximum absolute atomic E-state index is 14.5. The van der Waals surface area contributed by atoms with E-state index < -0.39 is 0 Å². The SMILES string of the molecule is CC1(OC(=O)N2CCC([C@H]3C[C@@H]3COCc3ccc(CC(=O)N4CCC4)cc3F)CC2)CC1. The highest BCUT2D eigenvalue weighted by Gasteiger charge is 2.46. The number of ether oxygens (including phenoxy) is 2. The molecule has 4 aliphatic rings. The van der Waals surface area contributed by atoms with E-state index >= 15 is 0 Å². The zero-order valence-electron chi connectivity index (χ0n) is 19.6. The number of rotatable bonds is 8. The lowest BCUT2D eigenvalue weighted by atomic mass is 9.91. The first-order valence-electron chi connectivity index (χ1n) is 12.5. The predicted molar refractivity (Wildman–Crippen MR) is 121 cm³/mol. The van der Waals surface area contributed by atoms with Gasteiger partial charge in [0.15, 0.2) is 0 Å². The van der Waals surface area contributed by atoms with Gasteiger partial charge in [-0.25, -0.2) is 9.18 Å². The topological polar surface area (TPSA) is 59.1 Å². The van der Waals surface area contributed by atoms with Crippen molar-refractivity contribution < 1.29 is 23.5 Å². The summed E-state index contributed by atoms with van der Waals surface area (Å²) in [6.45, 7) is 6.12. The molecule has 0 spiro atoms. The molecular formula is C26H35FN2O4. The van der Waals surface area contributed by atoms with Gasteiger partial charge in [0.1, 0.15) is 11.4 Å². The van der Waals surface area contributed by atoms with Crippen molar-refractivity contribution in [1.29, 1.82) is 0 Å². The Balaban J connectivity index is 1.00. The molecule has 2 saturated carbocycles. The van der Waals surface area contributed by atoms with Gasteiger partial charge in [-0.1, -0.05) is 12.1 Å². The molecule has 4 fully saturated rings. The van der Waals surface area contributed by atoms with E-state index in [4.69, 9.17) is 9.47 Å². The fourth-order valence-electron chi connectivity index (χ4n) is 5.09. The molecule has 5 rings (SSSR count). The van der Waals surface area contributed by atoms with Crippen LogP contribution in [0.15, 0.2) is 18.2 Å². The molecule has 0 unspecified atom stereocenters. The second-order valence-corrected chi connectivity index (χ2v) is 10.7. The van der Waals surface area contributed by atoms with Crippen LogP contribution in [0.4, 0.5) is 9.18 Å². The van der Waals surface area contributed by atoms with Crippen molar-refractivity contribution in [2.24, 2.45) is 17.8 Å². The molecule has 7 heteroatoms. The normalized spacial score (nSPS) is 26.0. The number of piperidine rings is 1. The Hall–Kier alpha value is -2.15. The molecule has 2 aliphatic heterocycles. The Labute approximate surface area is 195 Å². The average molecular weight is 459 g/mol. The second kappa shape index (κ2) is 9.24. The van der Waals surface area contributed by atoms with E-state index in [1.807, 2.05) is 22.8 Å². The van der Waals surface area contributed by atoms with Crippen LogP contribution in [-0.2, 0) is 27.3 Å². The smallest absolute Gasteiger partial charge is 0.410 e. The number of halogens is 1. The summed E-state index contributed by atoms with van der Waals surface area (Å²) in [7, 11) is 0. The summed E-state index contributed by atoms with van der Waals surface area (Å²) >= 11 is 0. The first-order valence-corrected chi connectivity index (χ1v) is 12.5. The first kappa shape index (κ1) is 22.6. The van der Waals surface area contributed by atoms with Crippen molar-refractivity contribution in [2.45, 2.75) is 64.1 Å². The second-order valence-electron chi connectivity index (χ2n) is 10.7. The van der Waals surface area contributed by atoms with E-state index in [1.54, 1.807) is 6.07 Å². The molecule has 0 N–H and O–H groups in total. The Morgan fingerprint density at radius 3 is 2.52 bits per heavy atom. The largest absolute Gasteiger partial charge is 0.443 e. The molecule has 2 atom stereocenters. The first-order chi connectivity index (χ1) is 15.9. The number of carbonyl (C=O) groups excluding carboxylic acids is 2. The van der Waals surface area contributed by atoms with Gasteiger partial charge in [-0.15, -0.1) is 0 Å². The van der Waals surface area contributed by atoms with Crippen molar-refractivity contribution in [3.8, 4) is 0 Å². The summed E-state index contributed by atoms with van der Waals surface area (Å²) in [6.07, 6.45) is 6.34. The van der Waals surface area contributed by atoms with Crippen LogP contribution in [0.25, 0.3) is 0 Å². The molecule has 2 saturated heterocycles. The molecule has 2 aliphatic carbocycles. The van der Waals surface area contributed by atoms with Gasteiger partial charge in [0.2, 0.25) is 5.91 Å². The molecule has 1 aromatic carbocycles. The number of nitrogens with zero attached hydrogens (tertiary/aromatic N) is 2. The Morgan fingerprint density at radius 2 is 1.88 bits per heavy atom. The summed E-state index contributed by atoms with van der Waals surface area (Å²) in [5.41, 5.74) is 1.05. The van der Waals surface area contributed by atoms with E-state index in [0.29, 0.717) is 29.9 Å². The molecule has 0 aromatic heterocycles. The van der Waals surface area contributed by atoms with Crippen molar-refractivity contribution in [2.75, 3.05) is 32.8 Å². The molecule has 6 nitrogen and oxygen atoms in total. The number of benzene rings is 1. The monoisotopic (exact) mass is 458 g/mol. The highest BCUT2D eigenvalue weighted by Crippen LogP contribution is 2.48. The summed E-state index contributed by atoms with van der Waals surface area (Å²) in [5, 5.41) is 0. The van der Waals surface area contributed by atoms with Crippen LogP contribution < -0.4 is 0 Å². The van der Waals surface area contributed by atoms with Crippen LogP contribution in [0.2, 0.25) is 0 Å². The van der Waals surface area contributed by atoms with Crippen LogP contribution in [0, 0.1) is 23.6 Å². The predicted octanol–water partition coefficient (Wildman–Crippen LogP) is 4.15. The quantitative estimate of drug-likeness (QED) is 0.587. The van der Waals surface area contributed by atoms with Crippen molar-refractivity contribution >= 4 is 12.0 Å². The number of hydrogen-bond donors (Lipinski definition) is 0. The molecular weight excluding hydrogens is 423 g/mol. The third-order valence-corrected chi connectivity index (χ3v) is 7.94. The summed E-state index contributed by atoms with van der Waals surface area (Å²) in [5.74, 6) is 1.61. The maximum Gasteiger partial charge on any atom is 0.410 e. The molecule has 0 bridgehead atoms. The molecule has 2 amide bonds. The number of likely N-dealkylation sites (tertiary alicyclic amines) is 2. The van der Waals surface area contributed by atoms with E-state index in [9.17, 15) is 14.0 Å². The summed E-state index contributed by atoms with van der Waals surface area (Å²) in [4.78, 5) is 28.0. The standard InChI is InChI=1S/C26H35FN2O4/c1-26(7-8-26)33-25(31)29-11-5-19(6-12-29)22-15-21(22)17-32-16-20-4-3-18(13-23(20)27)14-24(30)28-9-2-10-28/h3-4,13,19,21-22H,2,5-12,14-17H2,1H3/t21-,22-/m1/s1. The lowest BCUT2D eigenvalue weighted by molar-refractivity contribution is -0.133. The van der Waals surface area contributed by atoms with Gasteiger partial charge < -0.3 is 19.3 Å². The Morgan fingerprint density at radius 1 is 1.12 bits per heavy atom. The number of hydrogen-bond acceptors (Lipinski definition) is 4. The van der Waals surface area contributed by atoms with Gasteiger partial charge in [0, 0.05) is 31.7 Å². The van der Waals surface area contributed by atoms with Gasteiger partial charge >= 0.3 is 6.09 Å². The van der Waals surface area contributed by atoms with Gasteiger partial charge in [-0.3, -0.25) is 4.79 Å². The van der Waals surface area contributed by atoms with Gasteiger partial charge in [-0.05, 0) is 74.8 Å². The third-order valence-electron chi connectivity index (χ3n) is 7.94. The minimum atomic E-state index is -0.296. The fourth-order valence-corrected chi connectivity index (χ4v) is 5.09. The zero-order valence-corrected chi connectivity index (χ0v) is 19.6. The molecule has 0 radical (unpaired) electrons. The van der Waals surface area contributed by atoms with Crippen LogP contribution in [-0.4, -0.2) is 60.2 Å². The van der Waals surface area contributed by atoms with E-state index in [-0.39, 0.29) is 36.4 Å². The number of amides is 2. The zero-order chi connectivity index (χ0) is 23.0. The lowest BCUT2D eigenvalue weighted by Gasteiger charge is -2.32. The van der Waals surface area contributed by atoms with Gasteiger partial charge in [-0.2, -0.15) is 0 Å².